The van der Waals surface area contributed by atoms with Crippen LogP contribution in [0.25, 0.3) is 0 Å². The van der Waals surface area contributed by atoms with Gasteiger partial charge in [-0.15, -0.1) is 0 Å². The van der Waals surface area contributed by atoms with Gasteiger partial charge < -0.3 is 5.73 Å². The quantitative estimate of drug-likeness (QED) is 0.644. The number of ketones is 1. The van der Waals surface area contributed by atoms with Crippen molar-refractivity contribution < 1.29 is 4.79 Å². The number of carbonyl (C=O) groups is 1. The molecule has 0 aromatic rings. The molecule has 94 valence electrons. The molecule has 1 fully saturated rings. The molecule has 0 aromatic carbocycles. The Labute approximate surface area is 100.0 Å². The van der Waals surface area contributed by atoms with Crippen molar-refractivity contribution in [1.82, 2.24) is 0 Å². The van der Waals surface area contributed by atoms with Crippen LogP contribution in [0.1, 0.15) is 65.2 Å². The Morgan fingerprint density at radius 2 is 2.00 bits per heavy atom. The first-order valence-corrected chi connectivity index (χ1v) is 6.87. The number of nitrogens with two attached hydrogens (primary N) is 1. The van der Waals surface area contributed by atoms with Gasteiger partial charge in [0.05, 0.1) is 6.04 Å². The molecular formula is C14H27NO. The van der Waals surface area contributed by atoms with Gasteiger partial charge in [0, 0.05) is 0 Å². The summed E-state index contributed by atoms with van der Waals surface area (Å²) in [6, 6.07) is -0.244. The highest BCUT2D eigenvalue weighted by Crippen LogP contribution is 2.31. The van der Waals surface area contributed by atoms with E-state index in [1.807, 2.05) is 0 Å². The van der Waals surface area contributed by atoms with Gasteiger partial charge in [-0.1, -0.05) is 51.9 Å². The van der Waals surface area contributed by atoms with Gasteiger partial charge in [-0.05, 0) is 25.2 Å². The van der Waals surface area contributed by atoms with E-state index >= 15 is 0 Å². The van der Waals surface area contributed by atoms with E-state index in [4.69, 9.17) is 5.73 Å². The SMILES string of the molecule is CC(=O)[C@H](N)[C@H](C)CCCCCC1CCC1. The van der Waals surface area contributed by atoms with Gasteiger partial charge in [0.25, 0.3) is 0 Å². The van der Waals surface area contributed by atoms with Crippen LogP contribution in [0.5, 0.6) is 0 Å². The van der Waals surface area contributed by atoms with Crippen LogP contribution < -0.4 is 5.73 Å². The number of carbonyl (C=O) groups excluding carboxylic acids is 1. The third kappa shape index (κ3) is 4.65. The van der Waals surface area contributed by atoms with Crippen molar-refractivity contribution in [3.8, 4) is 0 Å². The fraction of sp³-hybridized carbons (Fsp3) is 0.929. The van der Waals surface area contributed by atoms with E-state index in [2.05, 4.69) is 6.92 Å². The summed E-state index contributed by atoms with van der Waals surface area (Å²) >= 11 is 0. The first-order valence-electron chi connectivity index (χ1n) is 6.87. The fourth-order valence-electron chi connectivity index (χ4n) is 2.44. The predicted molar refractivity (Wildman–Crippen MR) is 68.2 cm³/mol. The fourth-order valence-corrected chi connectivity index (χ4v) is 2.44. The van der Waals surface area contributed by atoms with E-state index in [0.29, 0.717) is 5.92 Å². The average Bonchev–Trinajstić information content (AvgIpc) is 2.18. The zero-order valence-corrected chi connectivity index (χ0v) is 10.9. The molecule has 16 heavy (non-hydrogen) atoms. The van der Waals surface area contributed by atoms with E-state index in [1.165, 1.54) is 44.9 Å². The highest BCUT2D eigenvalue weighted by atomic mass is 16.1. The molecule has 1 aliphatic rings. The molecule has 2 atom stereocenters. The van der Waals surface area contributed by atoms with Gasteiger partial charge in [0.15, 0.2) is 0 Å². The summed E-state index contributed by atoms with van der Waals surface area (Å²) in [6.07, 6.45) is 10.8. The van der Waals surface area contributed by atoms with Crippen molar-refractivity contribution in [2.45, 2.75) is 71.3 Å². The summed E-state index contributed by atoms with van der Waals surface area (Å²) in [7, 11) is 0. The Balaban J connectivity index is 1.95. The van der Waals surface area contributed by atoms with E-state index in [1.54, 1.807) is 6.92 Å². The van der Waals surface area contributed by atoms with Crippen molar-refractivity contribution in [3.05, 3.63) is 0 Å². The normalized spacial score (nSPS) is 20.2. The Morgan fingerprint density at radius 3 is 2.50 bits per heavy atom. The Hall–Kier alpha value is -0.370. The highest BCUT2D eigenvalue weighted by molar-refractivity contribution is 5.81. The number of hydrogen-bond donors (Lipinski definition) is 1. The number of Topliss-reactive ketones (excluding diaryl/α,β-unsaturated/α-hetero) is 1. The Morgan fingerprint density at radius 1 is 1.31 bits per heavy atom. The number of unbranched alkanes of at least 4 members (excludes halogenated alkanes) is 2. The van der Waals surface area contributed by atoms with Crippen molar-refractivity contribution in [2.24, 2.45) is 17.6 Å². The van der Waals surface area contributed by atoms with Crippen LogP contribution in [-0.2, 0) is 4.79 Å². The monoisotopic (exact) mass is 225 g/mol. The van der Waals surface area contributed by atoms with Crippen LogP contribution in [0.4, 0.5) is 0 Å². The summed E-state index contributed by atoms with van der Waals surface area (Å²) in [4.78, 5) is 11.1. The Bertz CT molecular complexity index is 211. The molecule has 0 amide bonds. The maximum Gasteiger partial charge on any atom is 0.146 e. The van der Waals surface area contributed by atoms with E-state index in [-0.39, 0.29) is 11.8 Å². The number of rotatable bonds is 8. The Kier molecular flexibility index (Phi) is 6.04. The minimum Gasteiger partial charge on any atom is -0.321 e. The van der Waals surface area contributed by atoms with Gasteiger partial charge in [-0.3, -0.25) is 4.79 Å². The minimum absolute atomic E-state index is 0.127. The third-order valence-electron chi connectivity index (χ3n) is 4.08. The lowest BCUT2D eigenvalue weighted by Gasteiger charge is -2.25. The topological polar surface area (TPSA) is 43.1 Å². The molecule has 2 N–H and O–H groups in total. The molecule has 0 heterocycles. The van der Waals surface area contributed by atoms with Gasteiger partial charge in [-0.25, -0.2) is 0 Å². The smallest absolute Gasteiger partial charge is 0.146 e. The van der Waals surface area contributed by atoms with Crippen LogP contribution in [0, 0.1) is 11.8 Å². The van der Waals surface area contributed by atoms with Crippen molar-refractivity contribution in [2.75, 3.05) is 0 Å². The van der Waals surface area contributed by atoms with Crippen molar-refractivity contribution in [1.29, 1.82) is 0 Å². The van der Waals surface area contributed by atoms with Gasteiger partial charge in [0.2, 0.25) is 0 Å². The molecule has 1 rings (SSSR count). The van der Waals surface area contributed by atoms with Crippen LogP contribution in [-0.4, -0.2) is 11.8 Å². The van der Waals surface area contributed by atoms with Crippen LogP contribution in [0.3, 0.4) is 0 Å². The minimum atomic E-state index is -0.244. The summed E-state index contributed by atoms with van der Waals surface area (Å²) < 4.78 is 0. The summed E-state index contributed by atoms with van der Waals surface area (Å²) in [5, 5.41) is 0. The summed E-state index contributed by atoms with van der Waals surface area (Å²) in [5.74, 6) is 1.51. The van der Waals surface area contributed by atoms with E-state index < -0.39 is 0 Å². The summed E-state index contributed by atoms with van der Waals surface area (Å²) in [6.45, 7) is 3.69. The molecule has 0 aromatic heterocycles. The van der Waals surface area contributed by atoms with Crippen LogP contribution >= 0.6 is 0 Å². The molecule has 2 heteroatoms. The molecule has 0 bridgehead atoms. The maximum atomic E-state index is 11.1. The second kappa shape index (κ2) is 7.05. The zero-order valence-electron chi connectivity index (χ0n) is 10.9. The van der Waals surface area contributed by atoms with Crippen molar-refractivity contribution in [3.63, 3.8) is 0 Å². The number of hydrogen-bond acceptors (Lipinski definition) is 2. The third-order valence-corrected chi connectivity index (χ3v) is 4.08. The second-order valence-corrected chi connectivity index (χ2v) is 5.55. The molecule has 2 nitrogen and oxygen atoms in total. The zero-order chi connectivity index (χ0) is 12.0. The first kappa shape index (κ1) is 13.7. The maximum absolute atomic E-state index is 11.1. The van der Waals surface area contributed by atoms with Crippen LogP contribution in [0.15, 0.2) is 0 Å². The molecule has 0 spiro atoms. The molecule has 0 aliphatic heterocycles. The molecule has 1 aliphatic carbocycles. The molecular weight excluding hydrogens is 198 g/mol. The average molecular weight is 225 g/mol. The lowest BCUT2D eigenvalue weighted by atomic mass is 9.81. The second-order valence-electron chi connectivity index (χ2n) is 5.55. The van der Waals surface area contributed by atoms with Gasteiger partial charge >= 0.3 is 0 Å². The van der Waals surface area contributed by atoms with E-state index in [0.717, 1.165) is 12.3 Å². The van der Waals surface area contributed by atoms with Gasteiger partial charge in [-0.2, -0.15) is 0 Å². The lowest BCUT2D eigenvalue weighted by Crippen LogP contribution is -2.35. The van der Waals surface area contributed by atoms with Crippen LogP contribution in [0.2, 0.25) is 0 Å². The first-order chi connectivity index (χ1) is 7.61. The molecule has 0 saturated heterocycles. The molecule has 1 saturated carbocycles. The standard InChI is InChI=1S/C14H27NO/c1-11(14(15)12(2)16)7-4-3-5-8-13-9-6-10-13/h11,13-14H,3-10,15H2,1-2H3/t11-,14-/m1/s1. The molecule has 0 radical (unpaired) electrons. The molecule has 0 unspecified atom stereocenters. The van der Waals surface area contributed by atoms with Crippen molar-refractivity contribution >= 4 is 5.78 Å². The highest BCUT2D eigenvalue weighted by Gasteiger charge is 2.18. The van der Waals surface area contributed by atoms with E-state index in [9.17, 15) is 4.79 Å². The van der Waals surface area contributed by atoms with Gasteiger partial charge in [0.1, 0.15) is 5.78 Å². The summed E-state index contributed by atoms with van der Waals surface area (Å²) in [5.41, 5.74) is 5.80. The lowest BCUT2D eigenvalue weighted by molar-refractivity contribution is -0.119. The predicted octanol–water partition coefficient (Wildman–Crippen LogP) is 3.29. The largest absolute Gasteiger partial charge is 0.321 e.